The maximum atomic E-state index is 13.5. The number of halogens is 2. The Morgan fingerprint density at radius 3 is 2.52 bits per heavy atom. The Bertz CT molecular complexity index is 1150. The molecule has 1 atom stereocenters. The van der Waals surface area contributed by atoms with Gasteiger partial charge in [0.05, 0.1) is 22.3 Å². The normalized spacial score (nSPS) is 16.3. The van der Waals surface area contributed by atoms with Crippen molar-refractivity contribution in [2.45, 2.75) is 12.5 Å². The molecule has 1 aliphatic rings. The summed E-state index contributed by atoms with van der Waals surface area (Å²) in [5.74, 6) is -0.239. The second-order valence-electron chi connectivity index (χ2n) is 6.66. The third kappa shape index (κ3) is 3.71. The topological polar surface area (TPSA) is 28.5 Å². The molecule has 0 N–H and O–H groups in total. The summed E-state index contributed by atoms with van der Waals surface area (Å²) < 4.78 is 13.5. The van der Waals surface area contributed by atoms with Crippen LogP contribution in [-0.2, 0) is 0 Å². The molecule has 0 unspecified atom stereocenters. The van der Waals surface area contributed by atoms with E-state index in [4.69, 9.17) is 21.7 Å². The van der Waals surface area contributed by atoms with Gasteiger partial charge >= 0.3 is 0 Å². The van der Waals surface area contributed by atoms with Crippen LogP contribution >= 0.6 is 34.3 Å². The van der Waals surface area contributed by atoms with Gasteiger partial charge in [0.25, 0.3) is 0 Å². The van der Waals surface area contributed by atoms with Gasteiger partial charge in [0.1, 0.15) is 5.82 Å². The Morgan fingerprint density at radius 2 is 1.79 bits per heavy atom. The number of benzene rings is 2. The number of aromatic nitrogens is 1. The number of hydrogen-bond donors (Lipinski definition) is 0. The lowest BCUT2D eigenvalue weighted by Gasteiger charge is -2.21. The average molecular weight is 440 g/mol. The standard InChI is InChI=1S/C22H15ClFN3S2/c23-16-7-3-14(4-8-16)19-13-29-22(25-19)27-20(15-5-9-17(24)10-6-15)12-18(26-27)21-2-1-11-28-21/h1-11,13,20H,12H2/t20-/m0/s1. The minimum absolute atomic E-state index is 0.0167. The molecular formula is C22H15ClFN3S2. The number of thiophene rings is 1. The Hall–Kier alpha value is -2.54. The highest BCUT2D eigenvalue weighted by molar-refractivity contribution is 7.14. The van der Waals surface area contributed by atoms with E-state index in [-0.39, 0.29) is 11.9 Å². The minimum atomic E-state index is -0.239. The molecule has 144 valence electrons. The van der Waals surface area contributed by atoms with E-state index in [1.165, 1.54) is 12.1 Å². The lowest BCUT2D eigenvalue weighted by Crippen LogP contribution is -2.18. The van der Waals surface area contributed by atoms with Crippen LogP contribution in [0.3, 0.4) is 0 Å². The summed E-state index contributed by atoms with van der Waals surface area (Å²) in [7, 11) is 0. The number of rotatable bonds is 4. The van der Waals surface area contributed by atoms with Gasteiger partial charge in [0.2, 0.25) is 5.13 Å². The number of nitrogens with zero attached hydrogens (tertiary/aromatic N) is 3. The van der Waals surface area contributed by atoms with Crippen molar-refractivity contribution in [3.05, 3.63) is 92.7 Å². The molecule has 29 heavy (non-hydrogen) atoms. The molecule has 2 aromatic heterocycles. The first-order chi connectivity index (χ1) is 14.2. The summed E-state index contributed by atoms with van der Waals surface area (Å²) in [6.07, 6.45) is 0.752. The van der Waals surface area contributed by atoms with E-state index in [1.54, 1.807) is 22.7 Å². The molecule has 5 rings (SSSR count). The predicted molar refractivity (Wildman–Crippen MR) is 120 cm³/mol. The summed E-state index contributed by atoms with van der Waals surface area (Å²) >= 11 is 9.23. The van der Waals surface area contributed by atoms with Gasteiger partial charge < -0.3 is 0 Å². The first kappa shape index (κ1) is 18.5. The summed E-state index contributed by atoms with van der Waals surface area (Å²) in [6.45, 7) is 0. The smallest absolute Gasteiger partial charge is 0.207 e. The van der Waals surface area contributed by atoms with Gasteiger partial charge in [-0.15, -0.1) is 22.7 Å². The summed E-state index contributed by atoms with van der Waals surface area (Å²) in [6, 6.07) is 18.4. The van der Waals surface area contributed by atoms with Crippen LogP contribution in [0.1, 0.15) is 22.9 Å². The van der Waals surface area contributed by atoms with Crippen LogP contribution < -0.4 is 5.01 Å². The second kappa shape index (κ2) is 7.71. The van der Waals surface area contributed by atoms with E-state index in [9.17, 15) is 4.39 Å². The molecule has 1 aliphatic heterocycles. The lowest BCUT2D eigenvalue weighted by molar-refractivity contribution is 0.624. The fourth-order valence-corrected chi connectivity index (χ4v) is 5.03. The molecule has 0 radical (unpaired) electrons. The zero-order valence-electron chi connectivity index (χ0n) is 15.1. The molecule has 3 heterocycles. The van der Waals surface area contributed by atoms with Crippen molar-refractivity contribution in [3.63, 3.8) is 0 Å². The van der Waals surface area contributed by atoms with Crippen molar-refractivity contribution < 1.29 is 4.39 Å². The van der Waals surface area contributed by atoms with E-state index in [0.717, 1.165) is 39.0 Å². The zero-order valence-corrected chi connectivity index (χ0v) is 17.5. The van der Waals surface area contributed by atoms with Crippen LogP contribution in [0.25, 0.3) is 11.3 Å². The monoisotopic (exact) mass is 439 g/mol. The summed E-state index contributed by atoms with van der Waals surface area (Å²) in [5, 5.41) is 12.5. The Labute approximate surface area is 180 Å². The molecule has 0 spiro atoms. The molecular weight excluding hydrogens is 425 g/mol. The van der Waals surface area contributed by atoms with E-state index in [2.05, 4.69) is 11.4 Å². The molecule has 0 bridgehead atoms. The fraction of sp³-hybridized carbons (Fsp3) is 0.0909. The predicted octanol–water partition coefficient (Wildman–Crippen LogP) is 7.02. The van der Waals surface area contributed by atoms with Gasteiger partial charge in [-0.1, -0.05) is 41.9 Å². The maximum Gasteiger partial charge on any atom is 0.207 e. The van der Waals surface area contributed by atoms with Crippen molar-refractivity contribution in [1.82, 2.24) is 4.98 Å². The van der Waals surface area contributed by atoms with Gasteiger partial charge in [0, 0.05) is 22.4 Å². The van der Waals surface area contributed by atoms with Gasteiger partial charge in [0.15, 0.2) is 0 Å². The number of hydrazone groups is 1. The van der Waals surface area contributed by atoms with Gasteiger partial charge in [-0.3, -0.25) is 0 Å². The highest BCUT2D eigenvalue weighted by atomic mass is 35.5. The number of hydrogen-bond acceptors (Lipinski definition) is 5. The lowest BCUT2D eigenvalue weighted by atomic mass is 10.0. The molecule has 4 aromatic rings. The molecule has 3 nitrogen and oxygen atoms in total. The molecule has 7 heteroatoms. The highest BCUT2D eigenvalue weighted by Crippen LogP contribution is 2.40. The average Bonchev–Trinajstić information content (AvgIpc) is 3.48. The summed E-state index contributed by atoms with van der Waals surface area (Å²) in [4.78, 5) is 5.97. The van der Waals surface area contributed by atoms with Crippen LogP contribution in [0.4, 0.5) is 9.52 Å². The summed E-state index contributed by atoms with van der Waals surface area (Å²) in [5.41, 5.74) is 3.94. The molecule has 0 fully saturated rings. The van der Waals surface area contributed by atoms with Gasteiger partial charge in [-0.25, -0.2) is 14.4 Å². The highest BCUT2D eigenvalue weighted by Gasteiger charge is 2.32. The van der Waals surface area contributed by atoms with Crippen molar-refractivity contribution in [2.24, 2.45) is 5.10 Å². The van der Waals surface area contributed by atoms with Crippen molar-refractivity contribution in [2.75, 3.05) is 5.01 Å². The largest absolute Gasteiger partial charge is 0.231 e. The van der Waals surface area contributed by atoms with E-state index in [1.807, 2.05) is 52.9 Å². The fourth-order valence-electron chi connectivity index (χ4n) is 3.35. The number of thiazole rings is 1. The Morgan fingerprint density at radius 1 is 1.00 bits per heavy atom. The SMILES string of the molecule is Fc1ccc([C@@H]2CC(c3cccs3)=NN2c2nc(-c3ccc(Cl)cc3)cs2)cc1. The molecule has 0 saturated carbocycles. The Kier molecular flexibility index (Phi) is 4.91. The molecule has 0 amide bonds. The van der Waals surface area contributed by atoms with Gasteiger partial charge in [-0.05, 0) is 41.3 Å². The Balaban J connectivity index is 1.52. The minimum Gasteiger partial charge on any atom is -0.231 e. The van der Waals surface area contributed by atoms with Crippen LogP contribution in [0.15, 0.2) is 76.5 Å². The quantitative estimate of drug-likeness (QED) is 0.341. The zero-order chi connectivity index (χ0) is 19.8. The first-order valence-corrected chi connectivity index (χ1v) is 11.2. The van der Waals surface area contributed by atoms with Gasteiger partial charge in [-0.2, -0.15) is 5.10 Å². The van der Waals surface area contributed by atoms with Crippen molar-refractivity contribution >= 4 is 45.1 Å². The number of anilines is 1. The molecule has 0 aliphatic carbocycles. The second-order valence-corrected chi connectivity index (χ2v) is 8.88. The molecule has 2 aromatic carbocycles. The van der Waals surface area contributed by atoms with Crippen LogP contribution in [0, 0.1) is 5.82 Å². The van der Waals surface area contributed by atoms with Crippen LogP contribution in [-0.4, -0.2) is 10.7 Å². The third-order valence-corrected chi connectivity index (χ3v) is 6.80. The van der Waals surface area contributed by atoms with Crippen molar-refractivity contribution in [3.8, 4) is 11.3 Å². The maximum absolute atomic E-state index is 13.5. The van der Waals surface area contributed by atoms with E-state index >= 15 is 0 Å². The van der Waals surface area contributed by atoms with E-state index < -0.39 is 0 Å². The third-order valence-electron chi connectivity index (χ3n) is 4.80. The first-order valence-electron chi connectivity index (χ1n) is 9.05. The van der Waals surface area contributed by atoms with Crippen LogP contribution in [0.2, 0.25) is 5.02 Å². The molecule has 0 saturated heterocycles. The van der Waals surface area contributed by atoms with E-state index in [0.29, 0.717) is 5.02 Å². The van der Waals surface area contributed by atoms with Crippen LogP contribution in [0.5, 0.6) is 0 Å². The van der Waals surface area contributed by atoms with Crippen molar-refractivity contribution in [1.29, 1.82) is 0 Å².